The van der Waals surface area contributed by atoms with Gasteiger partial charge in [0.2, 0.25) is 5.95 Å². The molecule has 10 nitrogen and oxygen atoms in total. The predicted octanol–water partition coefficient (Wildman–Crippen LogP) is 2.49. The Balaban J connectivity index is 1.38. The largest absolute Gasteiger partial charge is 0.454 e. The highest BCUT2D eigenvalue weighted by Gasteiger charge is 2.40. The fourth-order valence-corrected chi connectivity index (χ4v) is 4.45. The quantitative estimate of drug-likeness (QED) is 0.335. The minimum Gasteiger partial charge on any atom is -0.389 e. The molecule has 0 amide bonds. The summed E-state index contributed by atoms with van der Waals surface area (Å²) in [5.74, 6) is -1.25. The second-order valence-electron chi connectivity index (χ2n) is 9.09. The van der Waals surface area contributed by atoms with Gasteiger partial charge in [0.25, 0.3) is 5.78 Å². The molecule has 0 aliphatic carbocycles. The van der Waals surface area contributed by atoms with E-state index < -0.39 is 29.7 Å². The zero-order valence-corrected chi connectivity index (χ0v) is 19.9. The summed E-state index contributed by atoms with van der Waals surface area (Å²) in [5, 5.41) is 27.2. The molecule has 13 heteroatoms. The molecule has 37 heavy (non-hydrogen) atoms. The van der Waals surface area contributed by atoms with E-state index in [-0.39, 0.29) is 11.3 Å². The third-order valence-corrected chi connectivity index (χ3v) is 6.35. The summed E-state index contributed by atoms with van der Waals surface area (Å²) < 4.78 is 42.3. The molecular weight excluding hydrogens is 491 g/mol. The van der Waals surface area contributed by atoms with Crippen LogP contribution in [0.4, 0.5) is 24.8 Å². The van der Waals surface area contributed by atoms with Crippen LogP contribution in [0.15, 0.2) is 42.9 Å². The molecule has 4 heterocycles. The zero-order valence-electron chi connectivity index (χ0n) is 19.9. The Labute approximate surface area is 209 Å². The van der Waals surface area contributed by atoms with Gasteiger partial charge < -0.3 is 20.1 Å². The number of nitrogens with zero attached hydrogens (tertiary/aromatic N) is 6. The number of benzene rings is 1. The summed E-state index contributed by atoms with van der Waals surface area (Å²) in [6.07, 6.45) is -2.03. The first kappa shape index (κ1) is 24.9. The van der Waals surface area contributed by atoms with Crippen LogP contribution in [0.5, 0.6) is 0 Å². The number of rotatable bonds is 6. The van der Waals surface area contributed by atoms with Crippen LogP contribution in [0, 0.1) is 6.92 Å². The highest BCUT2D eigenvalue weighted by molar-refractivity contribution is 6.11. The number of aromatic nitrogens is 5. The van der Waals surface area contributed by atoms with Crippen LogP contribution in [0.2, 0.25) is 0 Å². The number of aryl methyl sites for hydroxylation is 2. The summed E-state index contributed by atoms with van der Waals surface area (Å²) in [6, 6.07) is 6.39. The maximum atomic E-state index is 13.1. The number of halogens is 3. The second kappa shape index (κ2) is 9.25. The first-order valence-electron chi connectivity index (χ1n) is 11.4. The molecule has 2 atom stereocenters. The molecule has 2 unspecified atom stereocenters. The molecule has 0 saturated carbocycles. The van der Waals surface area contributed by atoms with Crippen molar-refractivity contribution in [2.45, 2.75) is 31.9 Å². The third-order valence-electron chi connectivity index (χ3n) is 6.35. The molecule has 1 saturated heterocycles. The van der Waals surface area contributed by atoms with Crippen molar-refractivity contribution in [3.8, 4) is 5.82 Å². The minimum absolute atomic E-state index is 0.162. The Hall–Kier alpha value is -3.81. The Morgan fingerprint density at radius 2 is 1.89 bits per heavy atom. The van der Waals surface area contributed by atoms with Crippen molar-refractivity contribution < 1.29 is 28.2 Å². The fraction of sp³-hybridized carbons (Fsp3) is 0.333. The highest BCUT2D eigenvalue weighted by atomic mass is 19.4. The molecule has 0 radical (unpaired) electrons. The molecular formula is C24H24F3N7O3. The maximum Gasteiger partial charge on any atom is 0.454 e. The van der Waals surface area contributed by atoms with Gasteiger partial charge in [-0.25, -0.2) is 9.67 Å². The van der Waals surface area contributed by atoms with Crippen LogP contribution in [-0.4, -0.2) is 76.7 Å². The lowest BCUT2D eigenvalue weighted by Gasteiger charge is -2.13. The van der Waals surface area contributed by atoms with Gasteiger partial charge in [-0.1, -0.05) is 0 Å². The Morgan fingerprint density at radius 1 is 1.16 bits per heavy atom. The van der Waals surface area contributed by atoms with Gasteiger partial charge in [0.05, 0.1) is 23.5 Å². The summed E-state index contributed by atoms with van der Waals surface area (Å²) in [5.41, 5.74) is 2.13. The number of aliphatic hydroxyl groups excluding tert-OH is 2. The number of hydrogen-bond donors (Lipinski definition) is 3. The number of alkyl halides is 3. The highest BCUT2D eigenvalue weighted by Crippen LogP contribution is 2.30. The monoisotopic (exact) mass is 515 g/mol. The van der Waals surface area contributed by atoms with Crippen molar-refractivity contribution in [1.82, 2.24) is 29.2 Å². The third kappa shape index (κ3) is 4.92. The number of fused-ring (bicyclic) bond motifs is 1. The lowest BCUT2D eigenvalue weighted by atomic mass is 10.1. The second-order valence-corrected chi connectivity index (χ2v) is 9.09. The first-order valence-corrected chi connectivity index (χ1v) is 11.4. The first-order chi connectivity index (χ1) is 17.5. The van der Waals surface area contributed by atoms with Crippen molar-refractivity contribution in [1.29, 1.82) is 0 Å². The van der Waals surface area contributed by atoms with E-state index >= 15 is 0 Å². The molecule has 194 valence electrons. The summed E-state index contributed by atoms with van der Waals surface area (Å²) in [6.45, 7) is 3.10. The van der Waals surface area contributed by atoms with E-state index in [0.717, 1.165) is 11.3 Å². The van der Waals surface area contributed by atoms with E-state index in [1.165, 1.54) is 23.0 Å². The number of nitrogens with one attached hydrogen (secondary N) is 1. The van der Waals surface area contributed by atoms with Crippen LogP contribution in [-0.2, 0) is 13.6 Å². The summed E-state index contributed by atoms with van der Waals surface area (Å²) in [4.78, 5) is 22.5. The van der Waals surface area contributed by atoms with E-state index in [1.807, 2.05) is 18.0 Å². The maximum absolute atomic E-state index is 13.1. The number of carbonyl (C=O) groups excluding carboxylic acids is 1. The van der Waals surface area contributed by atoms with E-state index in [9.17, 15) is 28.2 Å². The summed E-state index contributed by atoms with van der Waals surface area (Å²) in [7, 11) is 1.57. The van der Waals surface area contributed by atoms with Gasteiger partial charge in [-0.2, -0.15) is 23.3 Å². The van der Waals surface area contributed by atoms with Crippen LogP contribution >= 0.6 is 0 Å². The van der Waals surface area contributed by atoms with Crippen molar-refractivity contribution in [3.05, 3.63) is 59.7 Å². The van der Waals surface area contributed by atoms with E-state index in [1.54, 1.807) is 29.9 Å². The fourth-order valence-electron chi connectivity index (χ4n) is 4.45. The Morgan fingerprint density at radius 3 is 2.59 bits per heavy atom. The zero-order chi connectivity index (χ0) is 26.5. The van der Waals surface area contributed by atoms with Gasteiger partial charge in [0, 0.05) is 73.5 Å². The van der Waals surface area contributed by atoms with Gasteiger partial charge in [0.15, 0.2) is 5.82 Å². The number of Topliss-reactive ketones (excluding diaryl/α,β-unsaturated/α-hetero) is 1. The number of ketones is 1. The minimum atomic E-state index is -4.98. The normalized spacial score (nSPS) is 18.6. The molecule has 0 spiro atoms. The van der Waals surface area contributed by atoms with Crippen molar-refractivity contribution >= 4 is 28.3 Å². The van der Waals surface area contributed by atoms with Gasteiger partial charge >= 0.3 is 6.18 Å². The molecule has 1 aliphatic heterocycles. The molecule has 4 aromatic rings. The van der Waals surface area contributed by atoms with E-state index in [4.69, 9.17) is 0 Å². The number of anilines is 2. The number of carbonyl (C=O) groups is 1. The van der Waals surface area contributed by atoms with Crippen LogP contribution in [0.25, 0.3) is 16.7 Å². The van der Waals surface area contributed by atoms with Crippen LogP contribution in [0.3, 0.4) is 0 Å². The van der Waals surface area contributed by atoms with E-state index in [0.29, 0.717) is 36.7 Å². The number of likely N-dealkylation sites (tertiary alicyclic amines) is 1. The van der Waals surface area contributed by atoms with Gasteiger partial charge in [-0.15, -0.1) is 0 Å². The molecule has 3 aromatic heterocycles. The van der Waals surface area contributed by atoms with Crippen molar-refractivity contribution in [2.75, 3.05) is 18.4 Å². The van der Waals surface area contributed by atoms with Gasteiger partial charge in [-0.05, 0) is 25.1 Å². The van der Waals surface area contributed by atoms with Gasteiger partial charge in [-0.3, -0.25) is 9.69 Å². The Bertz CT molecular complexity index is 1470. The van der Waals surface area contributed by atoms with Crippen molar-refractivity contribution in [2.24, 2.45) is 7.05 Å². The summed E-state index contributed by atoms with van der Waals surface area (Å²) >= 11 is 0. The standard InChI is InChI=1S/C24H24F3N7O3/c1-13-14(8-33-11-19(35)20(36)12-33)9-34(31-13)21-5-6-28-23(30-21)29-15-3-4-18-16(7-15)17(10-32(18)2)22(37)24(25,26)27/h3-7,9-10,19-20,35-36H,8,11-12H2,1-2H3,(H,28,29,30). The number of aliphatic hydroxyl groups is 2. The van der Waals surface area contributed by atoms with Crippen molar-refractivity contribution in [3.63, 3.8) is 0 Å². The molecule has 0 bridgehead atoms. The molecule has 1 aliphatic rings. The van der Waals surface area contributed by atoms with Crippen LogP contribution in [0.1, 0.15) is 21.6 Å². The molecule has 5 rings (SSSR count). The Kier molecular flexibility index (Phi) is 6.22. The predicted molar refractivity (Wildman–Crippen MR) is 128 cm³/mol. The number of hydrogen-bond acceptors (Lipinski definition) is 8. The topological polar surface area (TPSA) is 121 Å². The van der Waals surface area contributed by atoms with E-state index in [2.05, 4.69) is 20.4 Å². The molecule has 1 aromatic carbocycles. The average Bonchev–Trinajstić information content (AvgIpc) is 3.47. The smallest absolute Gasteiger partial charge is 0.389 e. The lowest BCUT2D eigenvalue weighted by Crippen LogP contribution is -2.22. The number of β-amino-alcohol motifs (C(OH)–C–C–N with tert-alkyl or cyclic N) is 2. The SMILES string of the molecule is Cc1nn(-c2ccnc(Nc3ccc4c(c3)c(C(=O)C(F)(F)F)cn4C)n2)cc1CN1CC(O)C(O)C1. The van der Waals surface area contributed by atoms with Gasteiger partial charge in [0.1, 0.15) is 0 Å². The molecule has 3 N–H and O–H groups in total. The molecule has 1 fully saturated rings. The average molecular weight is 515 g/mol. The lowest BCUT2D eigenvalue weighted by molar-refractivity contribution is -0.0884. The van der Waals surface area contributed by atoms with Crippen LogP contribution < -0.4 is 5.32 Å².